The van der Waals surface area contributed by atoms with Crippen LogP contribution in [0.1, 0.15) is 19.6 Å². The molecule has 182 valence electrons. The van der Waals surface area contributed by atoms with Crippen molar-refractivity contribution in [3.63, 3.8) is 0 Å². The maximum Gasteiger partial charge on any atom is 0.490 e. The molecule has 0 radical (unpaired) electrons. The molecule has 0 aliphatic carbocycles. The summed E-state index contributed by atoms with van der Waals surface area (Å²) in [7, 11) is -16.6. The number of carbonyl (C=O) groups is 1. The average molecular weight is 524 g/mol. The number of phosphoric ester groups is 1. The van der Waals surface area contributed by atoms with E-state index in [1.807, 2.05) is 0 Å². The number of nitrogens with one attached hydrogen (secondary N) is 1. The molecule has 2 heterocycles. The van der Waals surface area contributed by atoms with Crippen LogP contribution in [0.3, 0.4) is 0 Å². The lowest BCUT2D eigenvalue weighted by atomic mass is 10.2. The zero-order valence-electron chi connectivity index (χ0n) is 16.0. The van der Waals surface area contributed by atoms with Crippen molar-refractivity contribution in [2.45, 2.75) is 31.8 Å². The van der Waals surface area contributed by atoms with Crippen LogP contribution in [0.15, 0.2) is 17.1 Å². The van der Waals surface area contributed by atoms with Crippen molar-refractivity contribution in [3.8, 4) is 0 Å². The summed E-state index contributed by atoms with van der Waals surface area (Å²) in [5, 5.41) is 2.32. The Labute approximate surface area is 178 Å². The maximum absolute atomic E-state index is 12.2. The van der Waals surface area contributed by atoms with Crippen LogP contribution in [0.25, 0.3) is 0 Å². The van der Waals surface area contributed by atoms with Gasteiger partial charge in [0, 0.05) is 19.5 Å². The first-order valence-electron chi connectivity index (χ1n) is 8.27. The van der Waals surface area contributed by atoms with Gasteiger partial charge in [-0.15, -0.1) is 0 Å². The second kappa shape index (κ2) is 10.3. The number of phosphoric acid groups is 3. The van der Waals surface area contributed by atoms with E-state index >= 15 is 0 Å². The number of carbonyl (C=O) groups excluding carboxylic acids is 1. The van der Waals surface area contributed by atoms with Gasteiger partial charge in [0.15, 0.2) is 0 Å². The van der Waals surface area contributed by atoms with Gasteiger partial charge in [-0.1, -0.05) is 0 Å². The summed E-state index contributed by atoms with van der Waals surface area (Å²) in [4.78, 5) is 67.2. The molecule has 7 N–H and O–H groups in total. The number of hydrogen-bond donors (Lipinski definition) is 6. The fourth-order valence-corrected chi connectivity index (χ4v) is 5.55. The van der Waals surface area contributed by atoms with E-state index in [1.165, 1.54) is 19.2 Å². The van der Waals surface area contributed by atoms with Gasteiger partial charge in [-0.05, 0) is 6.07 Å². The third-order valence-electron chi connectivity index (χ3n) is 3.62. The first-order chi connectivity index (χ1) is 14.6. The molecule has 1 aliphatic rings. The molecule has 1 aliphatic heterocycles. The lowest BCUT2D eigenvalue weighted by Crippen LogP contribution is -2.31. The minimum Gasteiger partial charge on any atom is -0.349 e. The third kappa shape index (κ3) is 8.20. The van der Waals surface area contributed by atoms with E-state index in [9.17, 15) is 28.2 Å². The molecule has 0 aromatic carbocycles. The quantitative estimate of drug-likeness (QED) is 0.160. The molecule has 0 bridgehead atoms. The van der Waals surface area contributed by atoms with Crippen molar-refractivity contribution in [1.82, 2.24) is 9.55 Å². The Bertz CT molecular complexity index is 1040. The highest BCUT2D eigenvalue weighted by Crippen LogP contribution is 2.66. The average Bonchev–Trinajstić information content (AvgIpc) is 2.99. The fraction of sp³-hybridized carbons (Fsp3) is 0.545. The van der Waals surface area contributed by atoms with Crippen LogP contribution in [-0.2, 0) is 41.2 Å². The normalized spacial score (nSPS) is 25.1. The summed E-state index contributed by atoms with van der Waals surface area (Å²) in [5.41, 5.74) is -0.814. The number of ether oxygens (including phenoxy) is 1. The summed E-state index contributed by atoms with van der Waals surface area (Å²) in [6.45, 7) is 0.396. The molecule has 1 aromatic rings. The Morgan fingerprint density at radius 3 is 2.47 bits per heavy atom. The molecule has 18 nitrogen and oxygen atoms in total. The van der Waals surface area contributed by atoms with E-state index < -0.39 is 60.1 Å². The SMILES string of the molecule is CC(=O)Nc1ccn([C@H]2C[C@@H](ON)[C@@H](COP(=O)(O)OP(=O)(O)OP(=O)(O)O)O2)c(=O)n1. The van der Waals surface area contributed by atoms with Crippen molar-refractivity contribution in [2.75, 3.05) is 11.9 Å². The smallest absolute Gasteiger partial charge is 0.349 e. The van der Waals surface area contributed by atoms with Crippen LogP contribution in [0.4, 0.5) is 5.82 Å². The molecular weight excluding hydrogens is 505 g/mol. The van der Waals surface area contributed by atoms with Crippen LogP contribution in [0, 0.1) is 0 Å². The van der Waals surface area contributed by atoms with E-state index in [1.54, 1.807) is 0 Å². The molecule has 1 fully saturated rings. The van der Waals surface area contributed by atoms with E-state index in [0.717, 1.165) is 4.57 Å². The van der Waals surface area contributed by atoms with E-state index in [4.69, 9.17) is 25.3 Å². The predicted octanol–water partition coefficient (Wildman–Crippen LogP) is -0.909. The van der Waals surface area contributed by atoms with Crippen molar-refractivity contribution >= 4 is 35.2 Å². The number of nitrogens with zero attached hydrogens (tertiary/aromatic N) is 2. The molecule has 5 atom stereocenters. The minimum atomic E-state index is -5.68. The summed E-state index contributed by atoms with van der Waals surface area (Å²) in [6, 6.07) is 1.31. The van der Waals surface area contributed by atoms with Crippen LogP contribution in [0.2, 0.25) is 0 Å². The highest BCUT2D eigenvalue weighted by Gasteiger charge is 2.43. The van der Waals surface area contributed by atoms with E-state index in [2.05, 4.69) is 28.3 Å². The summed E-state index contributed by atoms with van der Waals surface area (Å²) < 4.78 is 52.0. The molecule has 21 heteroatoms. The molecule has 2 unspecified atom stereocenters. The minimum absolute atomic E-state index is 0.00687. The van der Waals surface area contributed by atoms with Gasteiger partial charge in [0.25, 0.3) is 0 Å². The molecule has 0 saturated carbocycles. The highest BCUT2D eigenvalue weighted by atomic mass is 31.3. The monoisotopic (exact) mass is 524 g/mol. The number of amides is 1. The molecule has 1 saturated heterocycles. The summed E-state index contributed by atoms with van der Waals surface area (Å²) >= 11 is 0. The Hall–Kier alpha value is -1.36. The van der Waals surface area contributed by atoms with E-state index in [-0.39, 0.29) is 12.2 Å². The van der Waals surface area contributed by atoms with Gasteiger partial charge in [-0.25, -0.2) is 24.4 Å². The summed E-state index contributed by atoms with van der Waals surface area (Å²) in [6.07, 6.45) is -2.01. The van der Waals surface area contributed by atoms with Gasteiger partial charge < -0.3 is 29.6 Å². The standard InChI is InChI=1S/C11H19N4O14P3/c1-6(16)13-9-2-3-15(11(17)14-9)10-4-7(27-12)8(26-10)5-25-31(21,22)29-32(23,24)28-30(18,19)20/h2-3,7-8,10H,4-5,12H2,1H3,(H,21,22)(H,23,24)(H2,18,19,20)(H,13,14,16,17)/t7-,8-,10-/m1/s1. The van der Waals surface area contributed by atoms with Gasteiger partial charge >= 0.3 is 29.2 Å². The second-order valence-electron chi connectivity index (χ2n) is 6.11. The van der Waals surface area contributed by atoms with Crippen LogP contribution in [0.5, 0.6) is 0 Å². The van der Waals surface area contributed by atoms with Gasteiger partial charge in [0.1, 0.15) is 24.3 Å². The molecule has 1 aromatic heterocycles. The Morgan fingerprint density at radius 1 is 1.28 bits per heavy atom. The Balaban J connectivity index is 2.05. The van der Waals surface area contributed by atoms with Crippen LogP contribution >= 0.6 is 23.5 Å². The number of anilines is 1. The maximum atomic E-state index is 12.2. The summed E-state index contributed by atoms with van der Waals surface area (Å²) in [5.74, 6) is 4.70. The van der Waals surface area contributed by atoms with Gasteiger partial charge in [0.05, 0.1) is 6.61 Å². The number of aromatic nitrogens is 2. The Morgan fingerprint density at radius 2 is 1.94 bits per heavy atom. The van der Waals surface area contributed by atoms with Crippen LogP contribution in [-0.4, -0.2) is 53.8 Å². The fourth-order valence-electron chi connectivity index (χ4n) is 2.52. The predicted molar refractivity (Wildman–Crippen MR) is 100 cm³/mol. The number of hydrogen-bond acceptors (Lipinski definition) is 12. The molecular formula is C11H19N4O14P3. The first-order valence-corrected chi connectivity index (χ1v) is 12.8. The molecule has 32 heavy (non-hydrogen) atoms. The third-order valence-corrected chi connectivity index (χ3v) is 7.42. The van der Waals surface area contributed by atoms with Crippen molar-refractivity contribution in [2.24, 2.45) is 5.90 Å². The largest absolute Gasteiger partial charge is 0.490 e. The van der Waals surface area contributed by atoms with E-state index in [0.29, 0.717) is 0 Å². The van der Waals surface area contributed by atoms with Gasteiger partial charge in [-0.2, -0.15) is 13.6 Å². The molecule has 0 spiro atoms. The van der Waals surface area contributed by atoms with Gasteiger partial charge in [-0.3, -0.25) is 18.7 Å². The molecule has 2 rings (SSSR count). The van der Waals surface area contributed by atoms with Crippen molar-refractivity contribution < 1.29 is 60.8 Å². The highest BCUT2D eigenvalue weighted by molar-refractivity contribution is 7.66. The van der Waals surface area contributed by atoms with Crippen LogP contribution < -0.4 is 16.9 Å². The second-order valence-corrected chi connectivity index (χ2v) is 10.5. The lowest BCUT2D eigenvalue weighted by molar-refractivity contribution is -0.114. The van der Waals surface area contributed by atoms with Gasteiger partial charge in [0.2, 0.25) is 5.91 Å². The zero-order valence-corrected chi connectivity index (χ0v) is 18.7. The van der Waals surface area contributed by atoms with Crippen molar-refractivity contribution in [3.05, 3.63) is 22.7 Å². The number of nitrogens with two attached hydrogens (primary N) is 1. The zero-order chi connectivity index (χ0) is 24.3. The lowest BCUT2D eigenvalue weighted by Gasteiger charge is -2.20. The number of rotatable bonds is 10. The topological polar surface area (TPSA) is 268 Å². The molecule has 1 amide bonds. The Kier molecular flexibility index (Phi) is 8.63. The first kappa shape index (κ1) is 26.9. The van der Waals surface area contributed by atoms with Crippen molar-refractivity contribution in [1.29, 1.82) is 0 Å².